The zero-order valence-corrected chi connectivity index (χ0v) is 24.3. The molecule has 2 saturated heterocycles. The van der Waals surface area contributed by atoms with Gasteiger partial charge in [-0.25, -0.2) is 0 Å². The molecule has 39 heavy (non-hydrogen) atoms. The van der Waals surface area contributed by atoms with Crippen LogP contribution in [0.15, 0.2) is 48.5 Å². The smallest absolute Gasteiger partial charge is 0.172 e. The van der Waals surface area contributed by atoms with Crippen LogP contribution in [0.5, 0.6) is 5.75 Å². The van der Waals surface area contributed by atoms with Gasteiger partial charge in [-0.2, -0.15) is 0 Å². The molecule has 2 aromatic rings. The van der Waals surface area contributed by atoms with Gasteiger partial charge in [0.05, 0.1) is 25.1 Å². The van der Waals surface area contributed by atoms with Gasteiger partial charge in [-0.3, -0.25) is 24.7 Å². The highest BCUT2D eigenvalue weighted by Crippen LogP contribution is 2.35. The Hall–Kier alpha value is -2.79. The fourth-order valence-electron chi connectivity index (χ4n) is 4.87. The third-order valence-electron chi connectivity index (χ3n) is 6.96. The van der Waals surface area contributed by atoms with Gasteiger partial charge < -0.3 is 20.4 Å². The normalized spacial score (nSPS) is 21.0. The quantitative estimate of drug-likeness (QED) is 0.114. The third kappa shape index (κ3) is 8.86. The van der Waals surface area contributed by atoms with Crippen LogP contribution in [0.2, 0.25) is 0 Å². The number of carbonyl (C=O) groups is 1. The molecule has 2 aliphatic heterocycles. The lowest BCUT2D eigenvalue weighted by molar-refractivity contribution is -0.112. The number of ketones is 1. The summed E-state index contributed by atoms with van der Waals surface area (Å²) < 4.78 is 8.27. The van der Waals surface area contributed by atoms with E-state index in [0.717, 1.165) is 75.2 Å². The lowest BCUT2D eigenvalue weighted by Gasteiger charge is -2.42. The van der Waals surface area contributed by atoms with Crippen molar-refractivity contribution in [1.29, 1.82) is 5.41 Å². The van der Waals surface area contributed by atoms with Crippen LogP contribution < -0.4 is 30.1 Å². The van der Waals surface area contributed by atoms with Crippen molar-refractivity contribution < 1.29 is 14.4 Å². The Labute approximate surface area is 238 Å². The highest BCUT2D eigenvalue weighted by atomic mass is 32.1. The summed E-state index contributed by atoms with van der Waals surface area (Å²) in [4.78, 5) is 18.5. The summed E-state index contributed by atoms with van der Waals surface area (Å²) in [5.41, 5.74) is 3.36. The van der Waals surface area contributed by atoms with Gasteiger partial charge in [-0.05, 0) is 81.1 Å². The summed E-state index contributed by atoms with van der Waals surface area (Å²) in [7, 11) is 1.69. The van der Waals surface area contributed by atoms with E-state index in [0.29, 0.717) is 6.42 Å². The van der Waals surface area contributed by atoms with Crippen LogP contribution in [0.1, 0.15) is 52.4 Å². The molecule has 214 valence electrons. The van der Waals surface area contributed by atoms with E-state index in [1.54, 1.807) is 14.0 Å². The third-order valence-corrected chi connectivity index (χ3v) is 7.19. The minimum absolute atomic E-state index is 0.116. The number of thiol groups is 1. The maximum atomic E-state index is 9.94. The standard InChI is InChI=1S/C25H37N5O2S.C4H7NO/c1-20-6-3-4-19-30(32-20)23-11-9-22(10-12-23)29-18-5-15-25(29,26-16-17-27-33)28-21-7-13-24(31-2)14-8-21;1-2-4(6)3-5/h7-14,20,26-28,33H,3-6,15-19H2,1-2H3;3,5H,2H2,1H3. The predicted octanol–water partition coefficient (Wildman–Crippen LogP) is 5.01. The van der Waals surface area contributed by atoms with Crippen molar-refractivity contribution >= 4 is 41.9 Å². The van der Waals surface area contributed by atoms with Crippen LogP contribution in [0.3, 0.4) is 0 Å². The summed E-state index contributed by atoms with van der Waals surface area (Å²) in [6.45, 7) is 7.36. The van der Waals surface area contributed by atoms with Crippen LogP contribution in [0.4, 0.5) is 17.1 Å². The number of benzene rings is 2. The molecule has 0 bridgehead atoms. The van der Waals surface area contributed by atoms with E-state index in [4.69, 9.17) is 15.0 Å². The predicted molar refractivity (Wildman–Crippen MR) is 163 cm³/mol. The van der Waals surface area contributed by atoms with Gasteiger partial charge in [0.2, 0.25) is 0 Å². The molecule has 2 unspecified atom stereocenters. The summed E-state index contributed by atoms with van der Waals surface area (Å²) in [6.07, 6.45) is 7.13. The monoisotopic (exact) mass is 556 g/mol. The number of hydroxylamine groups is 1. The molecule has 2 atom stereocenters. The van der Waals surface area contributed by atoms with Gasteiger partial charge >= 0.3 is 0 Å². The van der Waals surface area contributed by atoms with E-state index in [1.165, 1.54) is 12.1 Å². The number of ether oxygens (including phenoxy) is 1. The number of methoxy groups -OCH3 is 1. The second-order valence-electron chi connectivity index (χ2n) is 9.80. The molecule has 9 nitrogen and oxygen atoms in total. The highest BCUT2D eigenvalue weighted by molar-refractivity contribution is 7.78. The summed E-state index contributed by atoms with van der Waals surface area (Å²) in [5, 5.41) is 15.9. The Kier molecular flexibility index (Phi) is 12.4. The number of anilines is 3. The number of rotatable bonds is 11. The first-order valence-electron chi connectivity index (χ1n) is 13.8. The van der Waals surface area contributed by atoms with Gasteiger partial charge in [0.1, 0.15) is 5.75 Å². The molecule has 0 spiro atoms. The molecular formula is C29H44N6O3S. The van der Waals surface area contributed by atoms with Gasteiger partial charge in [-0.15, -0.1) is 0 Å². The van der Waals surface area contributed by atoms with E-state index >= 15 is 0 Å². The van der Waals surface area contributed by atoms with Crippen LogP contribution in [-0.2, 0) is 9.63 Å². The van der Waals surface area contributed by atoms with E-state index in [-0.39, 0.29) is 17.7 Å². The SMILES string of the molecule is CCC(=O)C=N.COc1ccc(NC2(NCCNS)CCCN2c2ccc(N3CCCCC(C)O3)cc2)cc1. The molecule has 10 heteroatoms. The Bertz CT molecular complexity index is 1020. The topological polar surface area (TPSA) is 102 Å². The molecule has 2 aromatic carbocycles. The number of carbonyl (C=O) groups excluding carboxylic acids is 1. The largest absolute Gasteiger partial charge is 0.497 e. The van der Waals surface area contributed by atoms with Crippen LogP contribution >= 0.6 is 12.8 Å². The number of hydrogen-bond acceptors (Lipinski definition) is 10. The van der Waals surface area contributed by atoms with Gasteiger partial charge in [-0.1, -0.05) is 19.7 Å². The van der Waals surface area contributed by atoms with Crippen LogP contribution in [-0.4, -0.2) is 57.2 Å². The van der Waals surface area contributed by atoms with Crippen molar-refractivity contribution in [3.63, 3.8) is 0 Å². The molecular weight excluding hydrogens is 512 g/mol. The lowest BCUT2D eigenvalue weighted by Crippen LogP contribution is -2.62. The minimum Gasteiger partial charge on any atom is -0.497 e. The summed E-state index contributed by atoms with van der Waals surface area (Å²) in [5.74, 6) is 0.356. The van der Waals surface area contributed by atoms with Crippen molar-refractivity contribution in [1.82, 2.24) is 10.0 Å². The molecule has 4 N–H and O–H groups in total. The van der Waals surface area contributed by atoms with Gasteiger partial charge in [0.15, 0.2) is 11.6 Å². The molecule has 0 aliphatic carbocycles. The van der Waals surface area contributed by atoms with Crippen molar-refractivity contribution in [2.24, 2.45) is 0 Å². The molecule has 0 aromatic heterocycles. The molecule has 2 aliphatic rings. The Balaban J connectivity index is 0.000000631. The van der Waals surface area contributed by atoms with Gasteiger partial charge in [0.25, 0.3) is 0 Å². The molecule has 0 radical (unpaired) electrons. The summed E-state index contributed by atoms with van der Waals surface area (Å²) >= 11 is 4.16. The number of nitrogens with zero attached hydrogens (tertiary/aromatic N) is 2. The maximum absolute atomic E-state index is 9.94. The number of Topliss-reactive ketones (excluding diaryl/α,β-unsaturated/α-hetero) is 1. The highest BCUT2D eigenvalue weighted by Gasteiger charge is 2.41. The van der Waals surface area contributed by atoms with Crippen molar-refractivity contribution in [2.45, 2.75) is 64.3 Å². The van der Waals surface area contributed by atoms with E-state index in [9.17, 15) is 4.79 Å². The molecule has 4 rings (SSSR count). The minimum atomic E-state index is -0.381. The average Bonchev–Trinajstić information content (AvgIpc) is 3.25. The average molecular weight is 557 g/mol. The zero-order valence-electron chi connectivity index (χ0n) is 23.4. The molecule has 2 heterocycles. The first-order chi connectivity index (χ1) is 18.9. The fourth-order valence-corrected chi connectivity index (χ4v) is 4.98. The number of hydrogen-bond donors (Lipinski definition) is 5. The second kappa shape index (κ2) is 15.7. The maximum Gasteiger partial charge on any atom is 0.172 e. The first-order valence-corrected chi connectivity index (χ1v) is 14.3. The zero-order chi connectivity index (χ0) is 28.1. The number of nitrogens with one attached hydrogen (secondary N) is 4. The van der Waals surface area contributed by atoms with E-state index in [2.05, 4.69) is 81.5 Å². The van der Waals surface area contributed by atoms with Crippen molar-refractivity contribution in [3.05, 3.63) is 48.5 Å². The molecule has 0 saturated carbocycles. The summed E-state index contributed by atoms with van der Waals surface area (Å²) in [6, 6.07) is 16.9. The van der Waals surface area contributed by atoms with E-state index in [1.807, 2.05) is 12.1 Å². The Morgan fingerprint density at radius 2 is 1.82 bits per heavy atom. The second-order valence-corrected chi connectivity index (χ2v) is 10.1. The Morgan fingerprint density at radius 3 is 2.44 bits per heavy atom. The fraction of sp³-hybridized carbons (Fsp3) is 0.517. The lowest BCUT2D eigenvalue weighted by atomic mass is 10.1. The van der Waals surface area contributed by atoms with Crippen LogP contribution in [0.25, 0.3) is 0 Å². The first kappa shape index (κ1) is 30.7. The van der Waals surface area contributed by atoms with Crippen molar-refractivity contribution in [3.8, 4) is 5.75 Å². The van der Waals surface area contributed by atoms with Crippen molar-refractivity contribution in [2.75, 3.05) is 48.6 Å². The van der Waals surface area contributed by atoms with Gasteiger partial charge in [0, 0.05) is 50.4 Å². The van der Waals surface area contributed by atoms with Crippen LogP contribution in [0, 0.1) is 5.41 Å². The molecule has 2 fully saturated rings. The Morgan fingerprint density at radius 1 is 1.10 bits per heavy atom. The molecule has 0 amide bonds. The van der Waals surface area contributed by atoms with E-state index < -0.39 is 0 Å².